The second-order valence-electron chi connectivity index (χ2n) is 6.38. The van der Waals surface area contributed by atoms with Gasteiger partial charge in [0, 0.05) is 43.9 Å². The molecule has 2 atom stereocenters. The monoisotopic (exact) mass is 335 g/mol. The lowest BCUT2D eigenvalue weighted by molar-refractivity contribution is 0.0510. The number of hydrogen-bond acceptors (Lipinski definition) is 5. The van der Waals surface area contributed by atoms with Crippen LogP contribution in [0.25, 0.3) is 0 Å². The molecule has 0 spiro atoms. The Morgan fingerprint density at radius 3 is 2.54 bits per heavy atom. The number of piperazine rings is 1. The summed E-state index contributed by atoms with van der Waals surface area (Å²) in [6.45, 7) is 11.4. The average molecular weight is 335 g/mol. The van der Waals surface area contributed by atoms with E-state index in [1.165, 1.54) is 5.56 Å². The second kappa shape index (κ2) is 9.25. The van der Waals surface area contributed by atoms with Crippen LogP contribution in [0.2, 0.25) is 0 Å². The molecule has 2 unspecified atom stereocenters. The first-order valence-electron chi connectivity index (χ1n) is 9.18. The average Bonchev–Trinajstić information content (AvgIpc) is 2.58. The van der Waals surface area contributed by atoms with Crippen molar-refractivity contribution in [2.75, 3.05) is 46.4 Å². The van der Waals surface area contributed by atoms with Crippen LogP contribution in [0.5, 0.6) is 11.5 Å². The Labute approximate surface area is 146 Å². The van der Waals surface area contributed by atoms with Gasteiger partial charge >= 0.3 is 0 Å². The van der Waals surface area contributed by atoms with Crippen LogP contribution in [0.15, 0.2) is 18.2 Å². The minimum absolute atomic E-state index is 0.181. The molecule has 0 amide bonds. The van der Waals surface area contributed by atoms with Gasteiger partial charge in [-0.05, 0) is 33.4 Å². The molecule has 0 aliphatic carbocycles. The van der Waals surface area contributed by atoms with Crippen LogP contribution in [0.3, 0.4) is 0 Å². The molecule has 0 radical (unpaired) electrons. The zero-order chi connectivity index (χ0) is 17.5. The minimum atomic E-state index is 0.181. The topological polar surface area (TPSA) is 51.0 Å². The Morgan fingerprint density at radius 2 is 1.92 bits per heavy atom. The van der Waals surface area contributed by atoms with Crippen molar-refractivity contribution in [2.24, 2.45) is 5.73 Å². The van der Waals surface area contributed by atoms with Gasteiger partial charge in [0.25, 0.3) is 0 Å². The lowest BCUT2D eigenvalue weighted by Crippen LogP contribution is -2.53. The number of ether oxygens (including phenoxy) is 2. The Hall–Kier alpha value is -1.30. The first kappa shape index (κ1) is 19.0. The zero-order valence-electron chi connectivity index (χ0n) is 15.6. The molecule has 1 saturated heterocycles. The molecular weight excluding hydrogens is 302 g/mol. The van der Waals surface area contributed by atoms with Gasteiger partial charge in [0.05, 0.1) is 19.3 Å². The van der Waals surface area contributed by atoms with Gasteiger partial charge in [0.2, 0.25) is 0 Å². The Kier molecular flexibility index (Phi) is 7.34. The number of nitrogens with zero attached hydrogens (tertiary/aromatic N) is 2. The van der Waals surface area contributed by atoms with Gasteiger partial charge in [0.15, 0.2) is 0 Å². The summed E-state index contributed by atoms with van der Waals surface area (Å²) in [5.41, 5.74) is 7.38. The van der Waals surface area contributed by atoms with Crippen molar-refractivity contribution in [3.63, 3.8) is 0 Å². The first-order valence-corrected chi connectivity index (χ1v) is 9.18. The quantitative estimate of drug-likeness (QED) is 0.791. The number of nitrogens with two attached hydrogens (primary N) is 1. The van der Waals surface area contributed by atoms with Gasteiger partial charge in [-0.1, -0.05) is 13.0 Å². The standard InChI is InChI=1S/C19H33N3O2/c1-5-15-14-21(4)10-11-22(15)18(13-20)17-9-8-16(23-6-2)12-19(17)24-7-3/h8-9,12,15,18H,5-7,10-11,13-14,20H2,1-4H3. The SMILES string of the molecule is CCOc1ccc(C(CN)N2CCN(C)CC2CC)c(OCC)c1. The van der Waals surface area contributed by atoms with Crippen molar-refractivity contribution in [3.05, 3.63) is 23.8 Å². The fourth-order valence-corrected chi connectivity index (χ4v) is 3.57. The molecule has 5 nitrogen and oxygen atoms in total. The molecule has 2 rings (SSSR count). The van der Waals surface area contributed by atoms with E-state index < -0.39 is 0 Å². The van der Waals surface area contributed by atoms with Crippen LogP contribution in [-0.4, -0.2) is 62.3 Å². The molecule has 1 fully saturated rings. The summed E-state index contributed by atoms with van der Waals surface area (Å²) in [6, 6.07) is 6.86. The molecule has 5 heteroatoms. The van der Waals surface area contributed by atoms with E-state index in [1.54, 1.807) is 0 Å². The van der Waals surface area contributed by atoms with Crippen molar-refractivity contribution >= 4 is 0 Å². The highest BCUT2D eigenvalue weighted by Gasteiger charge is 2.31. The van der Waals surface area contributed by atoms with E-state index in [9.17, 15) is 0 Å². The summed E-state index contributed by atoms with van der Waals surface area (Å²) in [6.07, 6.45) is 1.13. The molecule has 0 saturated carbocycles. The molecule has 1 aromatic carbocycles. The molecule has 136 valence electrons. The fraction of sp³-hybridized carbons (Fsp3) is 0.684. The maximum Gasteiger partial charge on any atom is 0.127 e. The van der Waals surface area contributed by atoms with Gasteiger partial charge < -0.3 is 20.1 Å². The summed E-state index contributed by atoms with van der Waals surface area (Å²) in [5, 5.41) is 0. The molecule has 0 bridgehead atoms. The normalized spacial score (nSPS) is 20.8. The van der Waals surface area contributed by atoms with Gasteiger partial charge in [-0.15, -0.1) is 0 Å². The largest absolute Gasteiger partial charge is 0.494 e. The van der Waals surface area contributed by atoms with Crippen molar-refractivity contribution in [1.82, 2.24) is 9.80 Å². The Bertz CT molecular complexity index is 509. The van der Waals surface area contributed by atoms with Gasteiger partial charge in [0.1, 0.15) is 11.5 Å². The van der Waals surface area contributed by atoms with E-state index >= 15 is 0 Å². The van der Waals surface area contributed by atoms with Gasteiger partial charge in [-0.2, -0.15) is 0 Å². The van der Waals surface area contributed by atoms with Crippen LogP contribution in [0.1, 0.15) is 38.8 Å². The first-order chi connectivity index (χ1) is 11.6. The molecule has 1 heterocycles. The summed E-state index contributed by atoms with van der Waals surface area (Å²) in [5.74, 6) is 1.75. The van der Waals surface area contributed by atoms with Crippen molar-refractivity contribution in [2.45, 2.75) is 39.3 Å². The lowest BCUT2D eigenvalue weighted by atomic mass is 9.99. The summed E-state index contributed by atoms with van der Waals surface area (Å²) in [4.78, 5) is 4.96. The van der Waals surface area contributed by atoms with E-state index in [1.807, 2.05) is 26.0 Å². The molecule has 1 aliphatic heterocycles. The molecule has 0 aromatic heterocycles. The third kappa shape index (κ3) is 4.41. The summed E-state index contributed by atoms with van der Waals surface area (Å²) in [7, 11) is 2.19. The number of rotatable bonds is 8. The second-order valence-corrected chi connectivity index (χ2v) is 6.38. The number of likely N-dealkylation sites (N-methyl/N-ethyl adjacent to an activating group) is 1. The van der Waals surface area contributed by atoms with Crippen LogP contribution in [-0.2, 0) is 0 Å². The van der Waals surface area contributed by atoms with Gasteiger partial charge in [-0.25, -0.2) is 0 Å². The van der Waals surface area contributed by atoms with Crippen LogP contribution >= 0.6 is 0 Å². The van der Waals surface area contributed by atoms with Crippen molar-refractivity contribution in [1.29, 1.82) is 0 Å². The maximum absolute atomic E-state index is 6.21. The molecule has 1 aromatic rings. The van der Waals surface area contributed by atoms with E-state index in [0.717, 1.165) is 37.6 Å². The van der Waals surface area contributed by atoms with Crippen LogP contribution in [0, 0.1) is 0 Å². The summed E-state index contributed by atoms with van der Waals surface area (Å²) >= 11 is 0. The van der Waals surface area contributed by atoms with Gasteiger partial charge in [-0.3, -0.25) is 4.90 Å². The molecule has 1 aliphatic rings. The van der Waals surface area contributed by atoms with E-state index in [4.69, 9.17) is 15.2 Å². The van der Waals surface area contributed by atoms with Crippen LogP contribution < -0.4 is 15.2 Å². The highest BCUT2D eigenvalue weighted by Crippen LogP contribution is 2.34. The maximum atomic E-state index is 6.21. The Balaban J connectivity index is 2.31. The van der Waals surface area contributed by atoms with E-state index in [2.05, 4.69) is 29.8 Å². The Morgan fingerprint density at radius 1 is 1.17 bits per heavy atom. The molecular formula is C19H33N3O2. The highest BCUT2D eigenvalue weighted by molar-refractivity contribution is 5.43. The minimum Gasteiger partial charge on any atom is -0.494 e. The predicted molar refractivity (Wildman–Crippen MR) is 98.9 cm³/mol. The number of benzene rings is 1. The van der Waals surface area contributed by atoms with Crippen LogP contribution in [0.4, 0.5) is 0 Å². The highest BCUT2D eigenvalue weighted by atomic mass is 16.5. The lowest BCUT2D eigenvalue weighted by Gasteiger charge is -2.44. The third-order valence-electron chi connectivity index (χ3n) is 4.78. The fourth-order valence-electron chi connectivity index (χ4n) is 3.57. The van der Waals surface area contributed by atoms with E-state index in [0.29, 0.717) is 25.8 Å². The predicted octanol–water partition coefficient (Wildman–Crippen LogP) is 2.51. The van der Waals surface area contributed by atoms with Crippen molar-refractivity contribution < 1.29 is 9.47 Å². The molecule has 2 N–H and O–H groups in total. The number of hydrogen-bond donors (Lipinski definition) is 1. The smallest absolute Gasteiger partial charge is 0.127 e. The van der Waals surface area contributed by atoms with E-state index in [-0.39, 0.29) is 6.04 Å². The summed E-state index contributed by atoms with van der Waals surface area (Å²) < 4.78 is 11.5. The zero-order valence-corrected chi connectivity index (χ0v) is 15.6. The third-order valence-corrected chi connectivity index (χ3v) is 4.78. The molecule has 24 heavy (non-hydrogen) atoms. The van der Waals surface area contributed by atoms with Crippen molar-refractivity contribution in [3.8, 4) is 11.5 Å².